The van der Waals surface area contributed by atoms with Crippen LogP contribution >= 0.6 is 0 Å². The van der Waals surface area contributed by atoms with Crippen LogP contribution < -0.4 is 15.8 Å². The molecule has 0 bridgehead atoms. The summed E-state index contributed by atoms with van der Waals surface area (Å²) in [5.41, 5.74) is -2.60. The molecule has 1 aromatic heterocycles. The fourth-order valence-electron chi connectivity index (χ4n) is 4.14. The van der Waals surface area contributed by atoms with Crippen LogP contribution in [0.5, 0.6) is 5.75 Å². The molecule has 0 radical (unpaired) electrons. The van der Waals surface area contributed by atoms with Crippen molar-refractivity contribution in [1.29, 1.82) is 0 Å². The number of carbonyl (C=O) groups excluding carboxylic acids is 2. The Kier molecular flexibility index (Phi) is 5.72. The summed E-state index contributed by atoms with van der Waals surface area (Å²) in [7, 11) is 0. The molecule has 3 atom stereocenters. The van der Waals surface area contributed by atoms with Gasteiger partial charge in [0, 0.05) is 30.4 Å². The lowest BCUT2D eigenvalue weighted by atomic mass is 10.1. The average molecular weight is 474 g/mol. The van der Waals surface area contributed by atoms with Crippen LogP contribution in [0.3, 0.4) is 0 Å². The third kappa shape index (κ3) is 3.53. The number of amides is 2. The Balaban J connectivity index is 1.76. The number of carbonyl (C=O) groups is 2. The number of rotatable bonds is 5. The lowest BCUT2D eigenvalue weighted by Gasteiger charge is -2.46. The van der Waals surface area contributed by atoms with E-state index in [1.807, 2.05) is 0 Å². The fourth-order valence-corrected chi connectivity index (χ4v) is 4.14. The van der Waals surface area contributed by atoms with Gasteiger partial charge in [0.1, 0.15) is 29.2 Å². The first-order chi connectivity index (χ1) is 16.1. The van der Waals surface area contributed by atoms with Gasteiger partial charge in [-0.3, -0.25) is 24.1 Å². The number of pyridine rings is 1. The lowest BCUT2D eigenvalue weighted by molar-refractivity contribution is 0.0597. The Morgan fingerprint density at radius 2 is 1.88 bits per heavy atom. The van der Waals surface area contributed by atoms with Crippen molar-refractivity contribution in [1.82, 2.24) is 14.9 Å². The summed E-state index contributed by atoms with van der Waals surface area (Å²) in [6, 6.07) is 0.233. The van der Waals surface area contributed by atoms with E-state index < -0.39 is 70.3 Å². The topological polar surface area (TPSA) is 94.9 Å². The second-order valence-electron chi connectivity index (χ2n) is 8.05. The summed E-state index contributed by atoms with van der Waals surface area (Å²) in [5, 5.41) is 14.5. The van der Waals surface area contributed by atoms with Gasteiger partial charge < -0.3 is 15.3 Å². The Hall–Kier alpha value is -4.02. The number of hydrogen-bond acceptors (Lipinski definition) is 5. The first-order valence-corrected chi connectivity index (χ1v) is 10.4. The van der Waals surface area contributed by atoms with E-state index >= 15 is 0 Å². The molecular weight excluding hydrogens is 453 g/mol. The van der Waals surface area contributed by atoms with E-state index in [0.717, 1.165) is 6.20 Å². The van der Waals surface area contributed by atoms with E-state index in [0.29, 0.717) is 12.1 Å². The highest BCUT2D eigenvalue weighted by Gasteiger charge is 2.44. The summed E-state index contributed by atoms with van der Waals surface area (Å²) in [6.07, 6.45) is 5.69. The highest BCUT2D eigenvalue weighted by molar-refractivity contribution is 6.00. The molecule has 0 aliphatic carbocycles. The standard InChI is InChI=1S/C23H21F3N4O4/c1-4-11(2)30-18-6-5-12(3)29(18)23(34)19-21(32)20(31)15(10-28(19)30)22(33)27-9-14-16(25)7-13(24)8-17(14)26/h4-8,10-12,18,32H,1,9H2,2-3H3,(H,27,33)/t11-,12?,18?/m1/s1. The maximum absolute atomic E-state index is 13.9. The van der Waals surface area contributed by atoms with Gasteiger partial charge in [0.25, 0.3) is 11.8 Å². The van der Waals surface area contributed by atoms with E-state index in [9.17, 15) is 32.7 Å². The predicted molar refractivity (Wildman–Crippen MR) is 116 cm³/mol. The van der Waals surface area contributed by atoms with Crippen molar-refractivity contribution in [3.63, 3.8) is 0 Å². The maximum atomic E-state index is 13.9. The van der Waals surface area contributed by atoms with Crippen molar-refractivity contribution in [2.45, 2.75) is 38.6 Å². The van der Waals surface area contributed by atoms with Crippen molar-refractivity contribution in [3.8, 4) is 5.75 Å². The van der Waals surface area contributed by atoms with Crippen LogP contribution in [0.25, 0.3) is 0 Å². The van der Waals surface area contributed by atoms with E-state index in [1.54, 1.807) is 37.1 Å². The average Bonchev–Trinajstić information content (AvgIpc) is 3.16. The van der Waals surface area contributed by atoms with E-state index in [1.165, 1.54) is 9.58 Å². The molecular formula is C23H21F3N4O4. The molecule has 34 heavy (non-hydrogen) atoms. The number of aromatic nitrogens is 1. The maximum Gasteiger partial charge on any atom is 0.278 e. The highest BCUT2D eigenvalue weighted by atomic mass is 19.1. The zero-order chi connectivity index (χ0) is 24.9. The first kappa shape index (κ1) is 23.1. The van der Waals surface area contributed by atoms with Crippen LogP contribution in [0.1, 0.15) is 40.3 Å². The van der Waals surface area contributed by atoms with Crippen molar-refractivity contribution in [2.75, 3.05) is 5.01 Å². The molecule has 8 nitrogen and oxygen atoms in total. The van der Waals surface area contributed by atoms with Crippen LogP contribution in [0, 0.1) is 17.5 Å². The van der Waals surface area contributed by atoms with Crippen molar-refractivity contribution < 1.29 is 27.9 Å². The molecule has 2 N–H and O–H groups in total. The molecule has 3 heterocycles. The number of benzene rings is 1. The van der Waals surface area contributed by atoms with Crippen molar-refractivity contribution in [3.05, 3.63) is 87.6 Å². The molecule has 0 spiro atoms. The molecule has 0 saturated carbocycles. The fraction of sp³-hybridized carbons (Fsp3) is 0.261. The van der Waals surface area contributed by atoms with Gasteiger partial charge in [0.15, 0.2) is 11.4 Å². The summed E-state index contributed by atoms with van der Waals surface area (Å²) >= 11 is 0. The molecule has 2 amide bonds. The van der Waals surface area contributed by atoms with Gasteiger partial charge in [-0.15, -0.1) is 6.58 Å². The van der Waals surface area contributed by atoms with E-state index in [4.69, 9.17) is 0 Å². The molecule has 2 aromatic rings. The minimum absolute atomic E-state index is 0.302. The van der Waals surface area contributed by atoms with Crippen LogP contribution in [-0.4, -0.2) is 44.7 Å². The van der Waals surface area contributed by atoms with Crippen molar-refractivity contribution in [2.24, 2.45) is 0 Å². The van der Waals surface area contributed by atoms with Crippen LogP contribution in [0.4, 0.5) is 13.2 Å². The largest absolute Gasteiger partial charge is 0.502 e. The van der Waals surface area contributed by atoms with Gasteiger partial charge in [-0.05, 0) is 19.9 Å². The monoisotopic (exact) mass is 474 g/mol. The second-order valence-corrected chi connectivity index (χ2v) is 8.05. The van der Waals surface area contributed by atoms with Gasteiger partial charge in [-0.1, -0.05) is 12.2 Å². The van der Waals surface area contributed by atoms with E-state index in [2.05, 4.69) is 11.9 Å². The quantitative estimate of drug-likeness (QED) is 0.648. The Morgan fingerprint density at radius 1 is 1.24 bits per heavy atom. The minimum atomic E-state index is -1.21. The van der Waals surface area contributed by atoms with Crippen LogP contribution in [0.2, 0.25) is 0 Å². The van der Waals surface area contributed by atoms with Gasteiger partial charge in [-0.2, -0.15) is 0 Å². The first-order valence-electron chi connectivity index (χ1n) is 10.4. The van der Waals surface area contributed by atoms with Gasteiger partial charge in [0.2, 0.25) is 5.43 Å². The summed E-state index contributed by atoms with van der Waals surface area (Å²) < 4.78 is 42.2. The molecule has 178 valence electrons. The van der Waals surface area contributed by atoms with Gasteiger partial charge >= 0.3 is 0 Å². The molecule has 1 aromatic carbocycles. The summed E-state index contributed by atoms with van der Waals surface area (Å²) in [6.45, 7) is 6.64. The number of nitrogens with zero attached hydrogens (tertiary/aromatic N) is 3. The normalized spacial score (nSPS) is 19.6. The third-order valence-electron chi connectivity index (χ3n) is 5.94. The summed E-state index contributed by atoms with van der Waals surface area (Å²) in [5.74, 6) is -6.12. The summed E-state index contributed by atoms with van der Waals surface area (Å²) in [4.78, 5) is 40.2. The number of halogens is 3. The molecule has 2 unspecified atom stereocenters. The molecule has 2 aliphatic rings. The zero-order valence-corrected chi connectivity index (χ0v) is 18.3. The molecule has 0 saturated heterocycles. The number of nitrogens with one attached hydrogen (secondary N) is 1. The Bertz CT molecular complexity index is 1280. The minimum Gasteiger partial charge on any atom is -0.502 e. The zero-order valence-electron chi connectivity index (χ0n) is 18.3. The molecule has 4 rings (SSSR count). The molecule has 11 heteroatoms. The van der Waals surface area contributed by atoms with Gasteiger partial charge in [-0.25, -0.2) is 13.2 Å². The van der Waals surface area contributed by atoms with Gasteiger partial charge in [0.05, 0.1) is 12.1 Å². The molecule has 2 aliphatic heterocycles. The smallest absolute Gasteiger partial charge is 0.278 e. The predicted octanol–water partition coefficient (Wildman–Crippen LogP) is 2.15. The number of aromatic hydroxyl groups is 1. The molecule has 0 fully saturated rings. The SMILES string of the molecule is C=C[C@@H](C)N1C2C=CC(C)N2C(=O)c2c(O)c(=O)c(C(=O)NCc3c(F)cc(F)cc3F)cn21. The highest BCUT2D eigenvalue weighted by Crippen LogP contribution is 2.31. The van der Waals surface area contributed by atoms with Crippen molar-refractivity contribution >= 4 is 11.8 Å². The third-order valence-corrected chi connectivity index (χ3v) is 5.94. The lowest BCUT2D eigenvalue weighted by Crippen LogP contribution is -2.63. The Labute approximate surface area is 192 Å². The van der Waals surface area contributed by atoms with E-state index in [-0.39, 0.29) is 11.7 Å². The van der Waals surface area contributed by atoms with Crippen LogP contribution in [-0.2, 0) is 6.54 Å². The Morgan fingerprint density at radius 3 is 2.50 bits per heavy atom. The van der Waals surface area contributed by atoms with Crippen LogP contribution in [0.15, 0.2) is 47.9 Å². The number of fused-ring (bicyclic) bond motifs is 2. The second kappa shape index (κ2) is 8.40. The number of hydrogen-bond donors (Lipinski definition) is 2.